The molecule has 7 heteroatoms. The highest BCUT2D eigenvalue weighted by atomic mass is 32.1. The predicted molar refractivity (Wildman–Crippen MR) is 126 cm³/mol. The summed E-state index contributed by atoms with van der Waals surface area (Å²) in [5, 5.41) is 0.753. The smallest absolute Gasteiger partial charge is 0.260 e. The number of nitrogens with zero attached hydrogens (tertiary/aromatic N) is 3. The second-order valence-corrected chi connectivity index (χ2v) is 8.90. The minimum atomic E-state index is -0.0304. The molecule has 4 rings (SSSR count). The van der Waals surface area contributed by atoms with Crippen LogP contribution in [0.4, 0.5) is 5.13 Å². The predicted octanol–water partition coefficient (Wildman–Crippen LogP) is 4.29. The number of hydrogen-bond acceptors (Lipinski definition) is 6. The minimum absolute atomic E-state index is 0.0304. The van der Waals surface area contributed by atoms with E-state index >= 15 is 0 Å². The highest BCUT2D eigenvalue weighted by Crippen LogP contribution is 2.32. The third-order valence-corrected chi connectivity index (χ3v) is 6.81. The van der Waals surface area contributed by atoms with Crippen molar-refractivity contribution < 1.29 is 14.3 Å². The van der Waals surface area contributed by atoms with Crippen molar-refractivity contribution in [2.45, 2.75) is 20.3 Å². The Hall–Kier alpha value is -2.48. The molecule has 1 aromatic heterocycles. The van der Waals surface area contributed by atoms with Crippen LogP contribution in [0.1, 0.15) is 27.9 Å². The Bertz CT molecular complexity index is 1000. The second kappa shape index (κ2) is 9.77. The number of ether oxygens (including phenoxy) is 2. The number of thiazole rings is 1. The number of anilines is 1. The van der Waals surface area contributed by atoms with Crippen LogP contribution in [0.5, 0.6) is 5.75 Å². The van der Waals surface area contributed by atoms with E-state index in [0.717, 1.165) is 60.4 Å². The molecule has 1 aliphatic heterocycles. The van der Waals surface area contributed by atoms with Gasteiger partial charge in [-0.15, -0.1) is 0 Å². The van der Waals surface area contributed by atoms with Gasteiger partial charge in [0.05, 0.1) is 30.5 Å². The van der Waals surface area contributed by atoms with E-state index < -0.39 is 0 Å². The highest BCUT2D eigenvalue weighted by Gasteiger charge is 2.22. The molecule has 0 atom stereocenters. The zero-order valence-electron chi connectivity index (χ0n) is 18.4. The Labute approximate surface area is 187 Å². The van der Waals surface area contributed by atoms with Gasteiger partial charge in [0, 0.05) is 31.7 Å². The summed E-state index contributed by atoms with van der Waals surface area (Å²) in [6, 6.07) is 11.5. The molecule has 0 unspecified atom stereocenters. The van der Waals surface area contributed by atoms with Crippen LogP contribution >= 0.6 is 11.3 Å². The summed E-state index contributed by atoms with van der Waals surface area (Å²) in [4.78, 5) is 22.5. The first-order chi connectivity index (χ1) is 15.0. The highest BCUT2D eigenvalue weighted by molar-refractivity contribution is 7.22. The van der Waals surface area contributed by atoms with Gasteiger partial charge in [-0.25, -0.2) is 4.98 Å². The number of carbonyl (C=O) groups excluding carboxylic acids is 1. The van der Waals surface area contributed by atoms with Gasteiger partial charge in [0.15, 0.2) is 5.13 Å². The molecule has 2 aromatic carbocycles. The summed E-state index contributed by atoms with van der Waals surface area (Å²) in [7, 11) is 1.62. The molecule has 0 radical (unpaired) electrons. The number of methoxy groups -OCH3 is 1. The van der Waals surface area contributed by atoms with Gasteiger partial charge in [0.1, 0.15) is 5.75 Å². The Morgan fingerprint density at radius 2 is 1.87 bits per heavy atom. The lowest BCUT2D eigenvalue weighted by Gasteiger charge is -2.27. The molecule has 0 aliphatic carbocycles. The van der Waals surface area contributed by atoms with Crippen LogP contribution in [0, 0.1) is 13.8 Å². The van der Waals surface area contributed by atoms with Gasteiger partial charge in [-0.05, 0) is 67.8 Å². The monoisotopic (exact) mass is 439 g/mol. The van der Waals surface area contributed by atoms with Crippen LogP contribution < -0.4 is 9.64 Å². The van der Waals surface area contributed by atoms with E-state index in [1.165, 1.54) is 11.1 Å². The van der Waals surface area contributed by atoms with Crippen molar-refractivity contribution in [2.75, 3.05) is 51.4 Å². The Balaban J connectivity index is 1.58. The van der Waals surface area contributed by atoms with Crippen molar-refractivity contribution in [2.24, 2.45) is 0 Å². The summed E-state index contributed by atoms with van der Waals surface area (Å²) < 4.78 is 11.8. The van der Waals surface area contributed by atoms with E-state index in [4.69, 9.17) is 14.5 Å². The zero-order valence-corrected chi connectivity index (χ0v) is 19.2. The van der Waals surface area contributed by atoms with Crippen molar-refractivity contribution in [3.63, 3.8) is 0 Å². The number of amides is 1. The molecule has 2 heterocycles. The van der Waals surface area contributed by atoms with Crippen molar-refractivity contribution in [1.82, 2.24) is 9.88 Å². The van der Waals surface area contributed by atoms with Gasteiger partial charge >= 0.3 is 0 Å². The lowest BCUT2D eigenvalue weighted by molar-refractivity contribution is 0.0376. The molecule has 1 saturated heterocycles. The van der Waals surface area contributed by atoms with Gasteiger partial charge in [-0.2, -0.15) is 0 Å². The molecular weight excluding hydrogens is 410 g/mol. The standard InChI is InChI=1S/C24H29N3O3S/c1-17-15-21-22(16-18(17)2)31-24(25-21)27(10-4-9-26-11-13-30-14-12-26)23(28)19-5-7-20(29-3)8-6-19/h5-8,15-16H,4,9-14H2,1-3H3. The molecule has 0 spiro atoms. The lowest BCUT2D eigenvalue weighted by Crippen LogP contribution is -2.39. The lowest BCUT2D eigenvalue weighted by atomic mass is 10.1. The van der Waals surface area contributed by atoms with Gasteiger partial charge in [0.2, 0.25) is 0 Å². The maximum absolute atomic E-state index is 13.5. The van der Waals surface area contributed by atoms with Gasteiger partial charge < -0.3 is 9.47 Å². The third-order valence-electron chi connectivity index (χ3n) is 5.77. The summed E-state index contributed by atoms with van der Waals surface area (Å²) >= 11 is 1.58. The van der Waals surface area contributed by atoms with Crippen molar-refractivity contribution in [1.29, 1.82) is 0 Å². The van der Waals surface area contributed by atoms with Gasteiger partial charge in [-0.3, -0.25) is 14.6 Å². The Kier molecular flexibility index (Phi) is 6.85. The zero-order chi connectivity index (χ0) is 21.8. The number of carbonyl (C=O) groups is 1. The molecular formula is C24H29N3O3S. The third kappa shape index (κ3) is 5.06. The molecule has 1 aliphatic rings. The Morgan fingerprint density at radius 3 is 2.58 bits per heavy atom. The van der Waals surface area contributed by atoms with Crippen LogP contribution in [0.25, 0.3) is 10.2 Å². The average molecular weight is 440 g/mol. The fraction of sp³-hybridized carbons (Fsp3) is 0.417. The summed E-state index contributed by atoms with van der Waals surface area (Å²) in [6.07, 6.45) is 0.885. The summed E-state index contributed by atoms with van der Waals surface area (Å²) in [6.45, 7) is 9.24. The number of aromatic nitrogens is 1. The number of benzene rings is 2. The molecule has 0 bridgehead atoms. The quantitative estimate of drug-likeness (QED) is 0.550. The topological polar surface area (TPSA) is 54.9 Å². The summed E-state index contributed by atoms with van der Waals surface area (Å²) in [5.74, 6) is 0.707. The van der Waals surface area contributed by atoms with Crippen LogP contribution in [0.15, 0.2) is 36.4 Å². The van der Waals surface area contributed by atoms with E-state index in [0.29, 0.717) is 12.1 Å². The average Bonchev–Trinajstić information content (AvgIpc) is 3.19. The molecule has 1 fully saturated rings. The van der Waals surface area contributed by atoms with E-state index in [-0.39, 0.29) is 5.91 Å². The second-order valence-electron chi connectivity index (χ2n) is 7.89. The fourth-order valence-electron chi connectivity index (χ4n) is 3.73. The van der Waals surface area contributed by atoms with Crippen molar-refractivity contribution in [3.8, 4) is 5.75 Å². The number of morpholine rings is 1. The van der Waals surface area contributed by atoms with Gasteiger partial charge in [0.25, 0.3) is 5.91 Å². The van der Waals surface area contributed by atoms with Crippen LogP contribution in [0.2, 0.25) is 0 Å². The maximum atomic E-state index is 13.5. The molecule has 164 valence electrons. The Morgan fingerprint density at radius 1 is 1.16 bits per heavy atom. The number of hydrogen-bond donors (Lipinski definition) is 0. The molecule has 0 N–H and O–H groups in total. The first kappa shape index (κ1) is 21.7. The minimum Gasteiger partial charge on any atom is -0.497 e. The van der Waals surface area contributed by atoms with Gasteiger partial charge in [-0.1, -0.05) is 11.3 Å². The van der Waals surface area contributed by atoms with Crippen LogP contribution in [-0.4, -0.2) is 62.3 Å². The molecule has 31 heavy (non-hydrogen) atoms. The number of fused-ring (bicyclic) bond motifs is 1. The van der Waals surface area contributed by atoms with E-state index in [1.807, 2.05) is 29.2 Å². The maximum Gasteiger partial charge on any atom is 0.260 e. The fourth-order valence-corrected chi connectivity index (χ4v) is 4.80. The van der Waals surface area contributed by atoms with Crippen molar-refractivity contribution in [3.05, 3.63) is 53.1 Å². The summed E-state index contributed by atoms with van der Waals surface area (Å²) in [5.41, 5.74) is 4.04. The van der Waals surface area contributed by atoms with E-state index in [9.17, 15) is 4.79 Å². The largest absolute Gasteiger partial charge is 0.497 e. The SMILES string of the molecule is COc1ccc(C(=O)N(CCCN2CCOCC2)c2nc3cc(C)c(C)cc3s2)cc1. The number of aryl methyl sites for hydroxylation is 2. The first-order valence-electron chi connectivity index (χ1n) is 10.7. The normalized spacial score (nSPS) is 14.7. The van der Waals surface area contributed by atoms with Crippen LogP contribution in [-0.2, 0) is 4.74 Å². The number of rotatable bonds is 7. The molecule has 1 amide bonds. The molecule has 6 nitrogen and oxygen atoms in total. The molecule has 3 aromatic rings. The van der Waals surface area contributed by atoms with Crippen LogP contribution in [0.3, 0.4) is 0 Å². The van der Waals surface area contributed by atoms with E-state index in [2.05, 4.69) is 30.9 Å². The van der Waals surface area contributed by atoms with Crippen molar-refractivity contribution >= 4 is 32.6 Å². The molecule has 0 saturated carbocycles. The first-order valence-corrected chi connectivity index (χ1v) is 11.5. The van der Waals surface area contributed by atoms with E-state index in [1.54, 1.807) is 18.4 Å².